The van der Waals surface area contributed by atoms with Crippen LogP contribution in [0.4, 0.5) is 13.2 Å². The normalized spacial score (nSPS) is 21.0. The van der Waals surface area contributed by atoms with Gasteiger partial charge >= 0.3 is 6.18 Å². The van der Waals surface area contributed by atoms with Gasteiger partial charge in [-0.3, -0.25) is 9.59 Å². The van der Waals surface area contributed by atoms with E-state index in [2.05, 4.69) is 16.0 Å². The summed E-state index contributed by atoms with van der Waals surface area (Å²) in [5, 5.41) is 17.2. The average molecular weight is 331 g/mol. The Labute approximate surface area is 130 Å². The van der Waals surface area contributed by atoms with Crippen LogP contribution in [0, 0.1) is 0 Å². The van der Waals surface area contributed by atoms with E-state index in [1.807, 2.05) is 0 Å². The molecule has 9 heteroatoms. The highest BCUT2D eigenvalue weighted by atomic mass is 19.4. The van der Waals surface area contributed by atoms with Gasteiger partial charge in [-0.1, -0.05) is 6.07 Å². The van der Waals surface area contributed by atoms with Crippen LogP contribution in [-0.4, -0.2) is 48.7 Å². The van der Waals surface area contributed by atoms with E-state index in [1.54, 1.807) is 0 Å². The number of carbonyl (C=O) groups is 2. The van der Waals surface area contributed by atoms with Crippen molar-refractivity contribution in [1.82, 2.24) is 16.0 Å². The number of aliphatic hydroxyl groups excluding tert-OH is 1. The first-order valence-corrected chi connectivity index (χ1v) is 6.91. The first kappa shape index (κ1) is 17.2. The quantitative estimate of drug-likeness (QED) is 0.619. The highest BCUT2D eigenvalue weighted by Gasteiger charge is 2.31. The van der Waals surface area contributed by atoms with E-state index < -0.39 is 42.2 Å². The van der Waals surface area contributed by atoms with E-state index in [0.717, 1.165) is 18.2 Å². The third kappa shape index (κ3) is 4.67. The lowest BCUT2D eigenvalue weighted by Gasteiger charge is -2.15. The first-order chi connectivity index (χ1) is 10.8. The van der Waals surface area contributed by atoms with Crippen molar-refractivity contribution in [2.45, 2.75) is 18.3 Å². The lowest BCUT2D eigenvalue weighted by molar-refractivity contribution is -0.137. The van der Waals surface area contributed by atoms with Crippen molar-refractivity contribution in [3.05, 3.63) is 35.4 Å². The monoisotopic (exact) mass is 331 g/mol. The van der Waals surface area contributed by atoms with Crippen LogP contribution in [-0.2, 0) is 11.0 Å². The minimum Gasteiger partial charge on any atom is -0.390 e. The molecule has 1 heterocycles. The van der Waals surface area contributed by atoms with Gasteiger partial charge in [0.2, 0.25) is 5.91 Å². The molecular formula is C14H16F3N3O3. The van der Waals surface area contributed by atoms with Crippen LogP contribution in [0.5, 0.6) is 0 Å². The first-order valence-electron chi connectivity index (χ1n) is 6.91. The predicted molar refractivity (Wildman–Crippen MR) is 74.6 cm³/mol. The highest BCUT2D eigenvalue weighted by Crippen LogP contribution is 2.29. The number of β-amino-alcohol motifs (C(OH)–C–C–N with tert-alkyl or cyclic N) is 1. The number of alkyl halides is 3. The van der Waals surface area contributed by atoms with Crippen LogP contribution in [0.15, 0.2) is 24.3 Å². The van der Waals surface area contributed by atoms with Crippen LogP contribution in [0.25, 0.3) is 0 Å². The topological polar surface area (TPSA) is 90.5 Å². The van der Waals surface area contributed by atoms with Gasteiger partial charge in [-0.2, -0.15) is 13.2 Å². The third-order valence-corrected chi connectivity index (χ3v) is 3.39. The van der Waals surface area contributed by atoms with Crippen molar-refractivity contribution >= 4 is 11.8 Å². The Balaban J connectivity index is 1.88. The van der Waals surface area contributed by atoms with Gasteiger partial charge in [-0.15, -0.1) is 0 Å². The Morgan fingerprint density at radius 3 is 2.65 bits per heavy atom. The van der Waals surface area contributed by atoms with Crippen molar-refractivity contribution in [2.24, 2.45) is 0 Å². The van der Waals surface area contributed by atoms with Gasteiger partial charge in [0, 0.05) is 18.7 Å². The Kier molecular flexibility index (Phi) is 5.22. The van der Waals surface area contributed by atoms with Crippen molar-refractivity contribution < 1.29 is 27.9 Å². The Bertz CT molecular complexity index is 592. The van der Waals surface area contributed by atoms with Crippen molar-refractivity contribution in [1.29, 1.82) is 0 Å². The smallest absolute Gasteiger partial charge is 0.390 e. The van der Waals surface area contributed by atoms with E-state index in [1.165, 1.54) is 6.07 Å². The number of aliphatic hydroxyl groups is 1. The highest BCUT2D eigenvalue weighted by molar-refractivity contribution is 5.96. The Morgan fingerprint density at radius 1 is 1.30 bits per heavy atom. The molecule has 1 aromatic carbocycles. The number of rotatable bonds is 4. The maximum Gasteiger partial charge on any atom is 0.416 e. The molecule has 1 aromatic rings. The maximum atomic E-state index is 12.6. The largest absolute Gasteiger partial charge is 0.416 e. The molecule has 0 radical (unpaired) electrons. The number of hydrogen-bond acceptors (Lipinski definition) is 4. The summed E-state index contributed by atoms with van der Waals surface area (Å²) in [7, 11) is 0. The molecule has 1 fully saturated rings. The molecule has 4 N–H and O–H groups in total. The number of amides is 2. The summed E-state index contributed by atoms with van der Waals surface area (Å²) in [4.78, 5) is 23.5. The molecule has 0 aromatic heterocycles. The molecule has 2 rings (SSSR count). The Hall–Kier alpha value is -2.13. The zero-order valence-corrected chi connectivity index (χ0v) is 12.0. The van der Waals surface area contributed by atoms with Crippen LogP contribution in [0.3, 0.4) is 0 Å². The summed E-state index contributed by atoms with van der Waals surface area (Å²) < 4.78 is 37.8. The second kappa shape index (κ2) is 6.97. The van der Waals surface area contributed by atoms with E-state index in [9.17, 15) is 27.9 Å². The molecule has 0 unspecified atom stereocenters. The van der Waals surface area contributed by atoms with Crippen molar-refractivity contribution in [3.8, 4) is 0 Å². The van der Waals surface area contributed by atoms with Gasteiger partial charge in [-0.05, 0) is 18.2 Å². The fourth-order valence-corrected chi connectivity index (χ4v) is 2.17. The lowest BCUT2D eigenvalue weighted by Crippen LogP contribution is -2.46. The molecule has 1 aliphatic rings. The number of hydrogen-bond donors (Lipinski definition) is 4. The number of benzene rings is 1. The molecular weight excluding hydrogens is 315 g/mol. The number of carbonyl (C=O) groups excluding carboxylic acids is 2. The summed E-state index contributed by atoms with van der Waals surface area (Å²) in [5.74, 6) is -1.31. The van der Waals surface area contributed by atoms with Crippen LogP contribution in [0.1, 0.15) is 15.9 Å². The zero-order chi connectivity index (χ0) is 17.0. The molecule has 0 spiro atoms. The van der Waals surface area contributed by atoms with Gasteiger partial charge in [-0.25, -0.2) is 0 Å². The van der Waals surface area contributed by atoms with Gasteiger partial charge in [0.15, 0.2) is 0 Å². The molecule has 0 bridgehead atoms. The molecule has 0 saturated carbocycles. The minimum absolute atomic E-state index is 0.185. The zero-order valence-electron chi connectivity index (χ0n) is 12.0. The summed E-state index contributed by atoms with van der Waals surface area (Å²) in [5.41, 5.74) is -1.12. The maximum absolute atomic E-state index is 12.6. The standard InChI is InChI=1S/C14H16F3N3O3/c15-14(16,17)9-3-1-2-8(4-9)13(23)19-7-12(22)20-10-5-18-6-11(10)21/h1-4,10-11,18,21H,5-7H2,(H,19,23)(H,20,22)/t10-,11+/m0/s1. The summed E-state index contributed by atoms with van der Waals surface area (Å²) in [6.07, 6.45) is -5.25. The number of halogens is 3. The summed E-state index contributed by atoms with van der Waals surface area (Å²) >= 11 is 0. The van der Waals surface area contributed by atoms with Crippen molar-refractivity contribution in [2.75, 3.05) is 19.6 Å². The van der Waals surface area contributed by atoms with E-state index in [-0.39, 0.29) is 5.56 Å². The van der Waals surface area contributed by atoms with Crippen molar-refractivity contribution in [3.63, 3.8) is 0 Å². The van der Waals surface area contributed by atoms with Crippen LogP contribution >= 0.6 is 0 Å². The minimum atomic E-state index is -4.54. The van der Waals surface area contributed by atoms with E-state index in [4.69, 9.17) is 0 Å². The van der Waals surface area contributed by atoms with Crippen LogP contribution in [0.2, 0.25) is 0 Å². The Morgan fingerprint density at radius 2 is 2.04 bits per heavy atom. The molecule has 2 atom stereocenters. The molecule has 6 nitrogen and oxygen atoms in total. The number of nitrogens with one attached hydrogen (secondary N) is 3. The fourth-order valence-electron chi connectivity index (χ4n) is 2.17. The average Bonchev–Trinajstić information content (AvgIpc) is 2.89. The second-order valence-corrected chi connectivity index (χ2v) is 5.16. The predicted octanol–water partition coefficient (Wildman–Crippen LogP) is -0.116. The third-order valence-electron chi connectivity index (χ3n) is 3.39. The van der Waals surface area contributed by atoms with Crippen LogP contribution < -0.4 is 16.0 Å². The van der Waals surface area contributed by atoms with Gasteiger partial charge in [0.05, 0.1) is 24.3 Å². The van der Waals surface area contributed by atoms with Gasteiger partial charge in [0.1, 0.15) is 0 Å². The molecule has 23 heavy (non-hydrogen) atoms. The molecule has 0 aliphatic carbocycles. The summed E-state index contributed by atoms with van der Waals surface area (Å²) in [6, 6.07) is 3.48. The molecule has 2 amide bonds. The molecule has 126 valence electrons. The summed E-state index contributed by atoms with van der Waals surface area (Å²) in [6.45, 7) is 0.383. The second-order valence-electron chi connectivity index (χ2n) is 5.16. The van der Waals surface area contributed by atoms with Gasteiger partial charge in [0.25, 0.3) is 5.91 Å². The lowest BCUT2D eigenvalue weighted by atomic mass is 10.1. The molecule has 1 saturated heterocycles. The van der Waals surface area contributed by atoms with Gasteiger partial charge < -0.3 is 21.1 Å². The fraction of sp³-hybridized carbons (Fsp3) is 0.429. The SMILES string of the molecule is O=C(CNC(=O)c1cccc(C(F)(F)F)c1)N[C@H]1CNC[C@H]1O. The van der Waals surface area contributed by atoms with E-state index in [0.29, 0.717) is 13.1 Å². The van der Waals surface area contributed by atoms with E-state index >= 15 is 0 Å². The molecule has 1 aliphatic heterocycles.